The normalized spacial score (nSPS) is 12.0. The minimum atomic E-state index is -4.68. The Morgan fingerprint density at radius 2 is 1.39 bits per heavy atom. The molecule has 162 valence electrons. The van der Waals surface area contributed by atoms with Gasteiger partial charge in [0, 0.05) is 0 Å². The fraction of sp³-hybridized carbons (Fsp3) is 0.136. The molecule has 0 aliphatic carbocycles. The minimum Gasteiger partial charge on any atom is -0.344 e. The van der Waals surface area contributed by atoms with E-state index in [0.29, 0.717) is 6.07 Å². The topological polar surface area (TPSA) is 75.3 Å². The summed E-state index contributed by atoms with van der Waals surface area (Å²) in [5.41, 5.74) is 0.499. The molecule has 3 aromatic rings. The van der Waals surface area contributed by atoms with Crippen molar-refractivity contribution in [1.82, 2.24) is 10.0 Å². The van der Waals surface area contributed by atoms with Crippen LogP contribution in [-0.2, 0) is 21.0 Å². The van der Waals surface area contributed by atoms with Gasteiger partial charge in [0.15, 0.2) is 0 Å². The summed E-state index contributed by atoms with van der Waals surface area (Å²) in [6, 6.07) is 21.0. The Kier molecular flexibility index (Phi) is 6.77. The van der Waals surface area contributed by atoms with Crippen LogP contribution in [0.2, 0.25) is 0 Å². The van der Waals surface area contributed by atoms with Crippen molar-refractivity contribution in [2.24, 2.45) is 0 Å². The van der Waals surface area contributed by atoms with Crippen LogP contribution in [-0.4, -0.2) is 20.9 Å². The van der Waals surface area contributed by atoms with Gasteiger partial charge in [0.2, 0.25) is 15.9 Å². The molecule has 1 amide bonds. The maximum Gasteiger partial charge on any atom is 0.416 e. The Bertz CT molecular complexity index is 1100. The van der Waals surface area contributed by atoms with Crippen LogP contribution in [0.1, 0.15) is 22.7 Å². The van der Waals surface area contributed by atoms with E-state index in [1.165, 1.54) is 0 Å². The van der Waals surface area contributed by atoms with E-state index in [9.17, 15) is 26.4 Å². The molecule has 0 saturated carbocycles. The highest BCUT2D eigenvalue weighted by molar-refractivity contribution is 7.89. The fourth-order valence-electron chi connectivity index (χ4n) is 2.95. The lowest BCUT2D eigenvalue weighted by molar-refractivity contribution is -0.137. The molecule has 5 nitrogen and oxygen atoms in total. The van der Waals surface area contributed by atoms with Gasteiger partial charge in [-0.05, 0) is 29.3 Å². The van der Waals surface area contributed by atoms with Crippen molar-refractivity contribution in [3.63, 3.8) is 0 Å². The monoisotopic (exact) mass is 448 g/mol. The van der Waals surface area contributed by atoms with E-state index in [2.05, 4.69) is 10.0 Å². The largest absolute Gasteiger partial charge is 0.416 e. The highest BCUT2D eigenvalue weighted by Crippen LogP contribution is 2.30. The van der Waals surface area contributed by atoms with Gasteiger partial charge in [0.05, 0.1) is 23.0 Å². The molecule has 0 bridgehead atoms. The van der Waals surface area contributed by atoms with Crippen molar-refractivity contribution < 1.29 is 26.4 Å². The van der Waals surface area contributed by atoms with Gasteiger partial charge in [-0.15, -0.1) is 0 Å². The van der Waals surface area contributed by atoms with Crippen molar-refractivity contribution >= 4 is 15.9 Å². The molecule has 0 saturated heterocycles. The second-order valence-corrected chi connectivity index (χ2v) is 8.44. The molecule has 3 aromatic carbocycles. The molecular weight excluding hydrogens is 429 g/mol. The van der Waals surface area contributed by atoms with Crippen LogP contribution in [0.3, 0.4) is 0 Å². The first-order valence-electron chi connectivity index (χ1n) is 9.23. The van der Waals surface area contributed by atoms with E-state index in [-0.39, 0.29) is 0 Å². The van der Waals surface area contributed by atoms with E-state index in [1.807, 2.05) is 60.7 Å². The molecule has 0 radical (unpaired) electrons. The van der Waals surface area contributed by atoms with E-state index >= 15 is 0 Å². The Balaban J connectivity index is 1.73. The Hall–Kier alpha value is -3.17. The van der Waals surface area contributed by atoms with E-state index in [4.69, 9.17) is 0 Å². The Morgan fingerprint density at radius 1 is 0.839 bits per heavy atom. The summed E-state index contributed by atoms with van der Waals surface area (Å²) < 4.78 is 65.4. The number of halogens is 3. The zero-order valence-corrected chi connectivity index (χ0v) is 17.0. The summed E-state index contributed by atoms with van der Waals surface area (Å²) in [6.45, 7) is -0.630. The standard InChI is InChI=1S/C22H19F3N2O3S/c23-22(24,25)18-12-7-13-19(14-18)31(29,30)26-15-20(28)27-21(16-8-3-1-4-9-16)17-10-5-2-6-11-17/h1-14,21,26H,15H2,(H,27,28). The van der Waals surface area contributed by atoms with E-state index in [0.717, 1.165) is 29.3 Å². The summed E-state index contributed by atoms with van der Waals surface area (Å²) in [4.78, 5) is 11.9. The second-order valence-electron chi connectivity index (χ2n) is 6.67. The maximum atomic E-state index is 12.9. The quantitative estimate of drug-likeness (QED) is 0.576. The molecule has 0 aliphatic heterocycles. The first-order chi connectivity index (χ1) is 14.7. The SMILES string of the molecule is O=C(CNS(=O)(=O)c1cccc(C(F)(F)F)c1)NC(c1ccccc1)c1ccccc1. The van der Waals surface area contributed by atoms with Crippen LogP contribution in [0, 0.1) is 0 Å². The van der Waals surface area contributed by atoms with Crippen molar-refractivity contribution in [2.75, 3.05) is 6.54 Å². The number of amides is 1. The van der Waals surface area contributed by atoms with Gasteiger partial charge >= 0.3 is 6.18 Å². The lowest BCUT2D eigenvalue weighted by atomic mass is 9.99. The van der Waals surface area contributed by atoms with Crippen LogP contribution in [0.4, 0.5) is 13.2 Å². The summed E-state index contributed by atoms with van der Waals surface area (Å²) >= 11 is 0. The number of carbonyl (C=O) groups excluding carboxylic acids is 1. The molecule has 0 fully saturated rings. The second kappa shape index (κ2) is 9.32. The molecule has 31 heavy (non-hydrogen) atoms. The Morgan fingerprint density at radius 3 is 1.90 bits per heavy atom. The zero-order chi connectivity index (χ0) is 22.5. The van der Waals surface area contributed by atoms with Gasteiger partial charge in [-0.3, -0.25) is 4.79 Å². The molecule has 0 aromatic heterocycles. The third-order valence-corrected chi connectivity index (χ3v) is 5.86. The van der Waals surface area contributed by atoms with Crippen molar-refractivity contribution in [3.8, 4) is 0 Å². The van der Waals surface area contributed by atoms with Gasteiger partial charge < -0.3 is 5.32 Å². The van der Waals surface area contributed by atoms with Crippen molar-refractivity contribution in [3.05, 3.63) is 102 Å². The summed E-state index contributed by atoms with van der Waals surface area (Å²) in [7, 11) is -4.31. The summed E-state index contributed by atoms with van der Waals surface area (Å²) in [6.07, 6.45) is -4.68. The average Bonchev–Trinajstić information content (AvgIpc) is 2.77. The van der Waals surface area contributed by atoms with Crippen molar-refractivity contribution in [2.45, 2.75) is 17.1 Å². The minimum absolute atomic E-state index is 0.520. The molecule has 0 spiro atoms. The van der Waals surface area contributed by atoms with Gasteiger partial charge in [0.1, 0.15) is 0 Å². The molecular formula is C22H19F3N2O3S. The zero-order valence-electron chi connectivity index (χ0n) is 16.1. The molecule has 0 unspecified atom stereocenters. The smallest absolute Gasteiger partial charge is 0.344 e. The van der Waals surface area contributed by atoms with Crippen LogP contribution >= 0.6 is 0 Å². The number of rotatable bonds is 7. The number of alkyl halides is 3. The number of nitrogens with one attached hydrogen (secondary N) is 2. The number of hydrogen-bond donors (Lipinski definition) is 2. The third kappa shape index (κ3) is 5.93. The predicted molar refractivity (Wildman–Crippen MR) is 110 cm³/mol. The van der Waals surface area contributed by atoms with Gasteiger partial charge in [-0.25, -0.2) is 13.1 Å². The molecule has 0 atom stereocenters. The fourth-order valence-corrected chi connectivity index (χ4v) is 3.97. The number of sulfonamides is 1. The van der Waals surface area contributed by atoms with E-state index in [1.54, 1.807) is 0 Å². The lowest BCUT2D eigenvalue weighted by Crippen LogP contribution is -2.39. The summed E-state index contributed by atoms with van der Waals surface area (Å²) in [5, 5.41) is 2.76. The van der Waals surface area contributed by atoms with Crippen LogP contribution in [0.25, 0.3) is 0 Å². The predicted octanol–water partition coefficient (Wildman–Crippen LogP) is 3.89. The number of hydrogen-bond acceptors (Lipinski definition) is 3. The first-order valence-corrected chi connectivity index (χ1v) is 10.7. The molecule has 0 heterocycles. The maximum absolute atomic E-state index is 12.9. The number of carbonyl (C=O) groups is 1. The summed E-state index contributed by atoms with van der Waals surface area (Å²) in [5.74, 6) is -0.631. The number of benzene rings is 3. The Labute approximate surface area is 178 Å². The molecule has 3 rings (SSSR count). The average molecular weight is 448 g/mol. The van der Waals surface area contributed by atoms with E-state index < -0.39 is 45.2 Å². The lowest BCUT2D eigenvalue weighted by Gasteiger charge is -2.20. The van der Waals surface area contributed by atoms with Gasteiger partial charge in [-0.2, -0.15) is 13.2 Å². The molecule has 2 N–H and O–H groups in total. The van der Waals surface area contributed by atoms with Gasteiger partial charge in [0.25, 0.3) is 0 Å². The highest BCUT2D eigenvalue weighted by Gasteiger charge is 2.31. The molecule has 0 aliphatic rings. The van der Waals surface area contributed by atoms with Gasteiger partial charge in [-0.1, -0.05) is 66.7 Å². The highest BCUT2D eigenvalue weighted by atomic mass is 32.2. The van der Waals surface area contributed by atoms with Crippen LogP contribution in [0.5, 0.6) is 0 Å². The molecule has 9 heteroatoms. The third-order valence-electron chi connectivity index (χ3n) is 4.47. The van der Waals surface area contributed by atoms with Crippen molar-refractivity contribution in [1.29, 1.82) is 0 Å². The van der Waals surface area contributed by atoms with Crippen LogP contribution < -0.4 is 10.0 Å². The van der Waals surface area contributed by atoms with Crippen LogP contribution in [0.15, 0.2) is 89.8 Å². The first kappa shape index (κ1) is 22.5.